The second-order valence-electron chi connectivity index (χ2n) is 8.92. The van der Waals surface area contributed by atoms with E-state index < -0.39 is 29.7 Å². The predicted octanol–water partition coefficient (Wildman–Crippen LogP) is 4.25. The standard InChI is InChI=1S/C28H31F2N3O3.ClH/c1-2-18-4-3-5-19(10-18)16-31-17-26(34)24(13-20-11-22(29)15-23(30)12-20)33-28(35)21-6-7-27-25(14-21)32-8-9-36-27;/h3-7,10-12,14-15,24,26,31-32,34H,2,8-9,13,16-17H2,1H3,(H,33,35);1H/t24-,26+;/m0./s1. The molecule has 37 heavy (non-hydrogen) atoms. The topological polar surface area (TPSA) is 82.6 Å². The van der Waals surface area contributed by atoms with Gasteiger partial charge >= 0.3 is 0 Å². The number of carbonyl (C=O) groups excluding carboxylic acids is 1. The van der Waals surface area contributed by atoms with Crippen molar-refractivity contribution in [3.8, 4) is 5.75 Å². The quantitative estimate of drug-likeness (QED) is 0.314. The lowest BCUT2D eigenvalue weighted by atomic mass is 9.99. The Hall–Kier alpha value is -3.20. The van der Waals surface area contributed by atoms with Crippen LogP contribution in [0.1, 0.15) is 34.0 Å². The molecule has 3 aromatic rings. The van der Waals surface area contributed by atoms with Gasteiger partial charge in [-0.3, -0.25) is 4.79 Å². The van der Waals surface area contributed by atoms with Crippen molar-refractivity contribution in [2.24, 2.45) is 0 Å². The Bertz CT molecular complexity index is 1190. The van der Waals surface area contributed by atoms with Crippen molar-refractivity contribution in [2.75, 3.05) is 25.0 Å². The van der Waals surface area contributed by atoms with Gasteiger partial charge in [0.15, 0.2) is 0 Å². The zero-order chi connectivity index (χ0) is 25.5. The largest absolute Gasteiger partial charge is 0.490 e. The van der Waals surface area contributed by atoms with Crippen molar-refractivity contribution in [2.45, 2.75) is 38.5 Å². The number of nitrogens with one attached hydrogen (secondary N) is 3. The summed E-state index contributed by atoms with van der Waals surface area (Å²) in [5.41, 5.74) is 3.75. The summed E-state index contributed by atoms with van der Waals surface area (Å²) in [5.74, 6) is -1.15. The van der Waals surface area contributed by atoms with E-state index >= 15 is 0 Å². The van der Waals surface area contributed by atoms with Crippen molar-refractivity contribution in [1.82, 2.24) is 10.6 Å². The van der Waals surface area contributed by atoms with Gasteiger partial charge < -0.3 is 25.8 Å². The number of hydrogen-bond donors (Lipinski definition) is 4. The first-order valence-corrected chi connectivity index (χ1v) is 12.1. The molecule has 0 saturated carbocycles. The summed E-state index contributed by atoms with van der Waals surface area (Å²) >= 11 is 0. The highest BCUT2D eigenvalue weighted by atomic mass is 35.5. The van der Waals surface area contributed by atoms with Crippen molar-refractivity contribution < 1.29 is 23.4 Å². The maximum atomic E-state index is 13.8. The van der Waals surface area contributed by atoms with Gasteiger partial charge in [0.25, 0.3) is 5.91 Å². The number of halogens is 3. The molecular formula is C28H32ClF2N3O3. The molecule has 198 valence electrons. The Morgan fingerprint density at radius 3 is 2.57 bits per heavy atom. The Morgan fingerprint density at radius 1 is 1.05 bits per heavy atom. The molecule has 9 heteroatoms. The van der Waals surface area contributed by atoms with Crippen molar-refractivity contribution in [3.63, 3.8) is 0 Å². The summed E-state index contributed by atoms with van der Waals surface area (Å²) < 4.78 is 33.2. The number of ether oxygens (including phenoxy) is 1. The first kappa shape index (κ1) is 28.4. The second kappa shape index (κ2) is 13.4. The van der Waals surface area contributed by atoms with E-state index in [-0.39, 0.29) is 25.4 Å². The Balaban J connectivity index is 0.00000380. The minimum atomic E-state index is -1.01. The van der Waals surface area contributed by atoms with Crippen molar-refractivity contribution in [3.05, 3.63) is 94.6 Å². The lowest BCUT2D eigenvalue weighted by Crippen LogP contribution is -2.48. The average molecular weight is 532 g/mol. The fourth-order valence-electron chi connectivity index (χ4n) is 4.27. The van der Waals surface area contributed by atoms with Gasteiger partial charge in [-0.15, -0.1) is 12.4 Å². The molecule has 0 unspecified atom stereocenters. The van der Waals surface area contributed by atoms with Gasteiger partial charge in [-0.2, -0.15) is 0 Å². The number of benzene rings is 3. The lowest BCUT2D eigenvalue weighted by molar-refractivity contribution is 0.0830. The van der Waals surface area contributed by atoms with Gasteiger partial charge in [0.2, 0.25) is 0 Å². The number of aliphatic hydroxyl groups excluding tert-OH is 1. The zero-order valence-electron chi connectivity index (χ0n) is 20.6. The van der Waals surface area contributed by atoms with E-state index in [1.165, 1.54) is 17.7 Å². The fraction of sp³-hybridized carbons (Fsp3) is 0.321. The summed E-state index contributed by atoms with van der Waals surface area (Å²) in [6.07, 6.45) is -0.0197. The van der Waals surface area contributed by atoms with E-state index in [9.17, 15) is 18.7 Å². The SMILES string of the molecule is CCc1cccc(CNC[C@@H](O)[C@H](Cc2cc(F)cc(F)c2)NC(=O)c2ccc3c(c2)NCCO3)c1.Cl. The first-order chi connectivity index (χ1) is 17.4. The molecule has 0 saturated heterocycles. The third kappa shape index (κ3) is 7.89. The van der Waals surface area contributed by atoms with Crippen LogP contribution in [0.2, 0.25) is 0 Å². The van der Waals surface area contributed by atoms with Crippen LogP contribution in [-0.4, -0.2) is 42.9 Å². The smallest absolute Gasteiger partial charge is 0.251 e. The molecule has 0 radical (unpaired) electrons. The molecule has 1 aliphatic heterocycles. The molecule has 1 amide bonds. The summed E-state index contributed by atoms with van der Waals surface area (Å²) in [6.45, 7) is 3.99. The monoisotopic (exact) mass is 531 g/mol. The van der Waals surface area contributed by atoms with E-state index in [1.807, 2.05) is 12.1 Å². The van der Waals surface area contributed by atoms with Crippen LogP contribution >= 0.6 is 12.4 Å². The lowest BCUT2D eigenvalue weighted by Gasteiger charge is -2.25. The Kier molecular flexibility index (Phi) is 10.3. The van der Waals surface area contributed by atoms with Gasteiger partial charge in [-0.05, 0) is 59.9 Å². The van der Waals surface area contributed by atoms with Gasteiger partial charge in [0, 0.05) is 31.3 Å². The number of hydrogen-bond acceptors (Lipinski definition) is 5. The molecule has 0 fully saturated rings. The molecule has 0 aromatic heterocycles. The number of rotatable bonds is 10. The number of carbonyl (C=O) groups is 1. The average Bonchev–Trinajstić information content (AvgIpc) is 2.87. The molecule has 0 aliphatic carbocycles. The Labute approximate surface area is 221 Å². The second-order valence-corrected chi connectivity index (χ2v) is 8.92. The zero-order valence-corrected chi connectivity index (χ0v) is 21.4. The molecule has 4 rings (SSSR count). The van der Waals surface area contributed by atoms with Crippen molar-refractivity contribution in [1.29, 1.82) is 0 Å². The predicted molar refractivity (Wildman–Crippen MR) is 143 cm³/mol. The fourth-order valence-corrected chi connectivity index (χ4v) is 4.27. The van der Waals surface area contributed by atoms with Crippen molar-refractivity contribution >= 4 is 24.0 Å². The van der Waals surface area contributed by atoms with Gasteiger partial charge in [0.05, 0.1) is 17.8 Å². The summed E-state index contributed by atoms with van der Waals surface area (Å²) in [7, 11) is 0. The number of aryl methyl sites for hydroxylation is 1. The maximum absolute atomic E-state index is 13.8. The van der Waals surface area contributed by atoms with E-state index in [0.717, 1.165) is 18.1 Å². The summed E-state index contributed by atoms with van der Waals surface area (Å²) in [4.78, 5) is 13.1. The van der Waals surface area contributed by atoms with Crippen LogP contribution in [0.5, 0.6) is 5.75 Å². The molecule has 0 spiro atoms. The van der Waals surface area contributed by atoms with Gasteiger partial charge in [-0.25, -0.2) is 8.78 Å². The van der Waals surface area contributed by atoms with Gasteiger partial charge in [-0.1, -0.05) is 31.2 Å². The van der Waals surface area contributed by atoms with E-state index in [2.05, 4.69) is 35.0 Å². The van der Waals surface area contributed by atoms with Crippen LogP contribution < -0.4 is 20.7 Å². The van der Waals surface area contributed by atoms with Crippen LogP contribution in [0.25, 0.3) is 0 Å². The minimum absolute atomic E-state index is 0. The Morgan fingerprint density at radius 2 is 1.81 bits per heavy atom. The van der Waals surface area contributed by atoms with Crippen LogP contribution in [0.3, 0.4) is 0 Å². The van der Waals surface area contributed by atoms with Gasteiger partial charge in [0.1, 0.15) is 24.0 Å². The summed E-state index contributed by atoms with van der Waals surface area (Å²) in [5, 5.41) is 20.2. The molecule has 1 aliphatic rings. The van der Waals surface area contributed by atoms with Crippen LogP contribution in [0.4, 0.5) is 14.5 Å². The molecule has 3 aromatic carbocycles. The molecule has 0 bridgehead atoms. The highest BCUT2D eigenvalue weighted by Gasteiger charge is 2.24. The number of amides is 1. The van der Waals surface area contributed by atoms with Crippen LogP contribution in [-0.2, 0) is 19.4 Å². The van der Waals surface area contributed by atoms with E-state index in [4.69, 9.17) is 4.74 Å². The van der Waals surface area contributed by atoms with E-state index in [1.54, 1.807) is 18.2 Å². The minimum Gasteiger partial charge on any atom is -0.490 e. The van der Waals surface area contributed by atoms with Crippen LogP contribution in [0, 0.1) is 11.6 Å². The third-order valence-electron chi connectivity index (χ3n) is 6.16. The molecule has 1 heterocycles. The number of aliphatic hydroxyl groups is 1. The first-order valence-electron chi connectivity index (χ1n) is 12.1. The number of fused-ring (bicyclic) bond motifs is 1. The molecule has 6 nitrogen and oxygen atoms in total. The third-order valence-corrected chi connectivity index (χ3v) is 6.16. The number of anilines is 1. The normalized spacial score (nSPS) is 13.8. The molecule has 4 N–H and O–H groups in total. The van der Waals surface area contributed by atoms with Crippen LogP contribution in [0.15, 0.2) is 60.7 Å². The molecular weight excluding hydrogens is 500 g/mol. The van der Waals surface area contributed by atoms with E-state index in [0.29, 0.717) is 42.3 Å². The summed E-state index contributed by atoms with van der Waals surface area (Å²) in [6, 6.07) is 15.6. The molecule has 2 atom stereocenters. The highest BCUT2D eigenvalue weighted by molar-refractivity contribution is 5.96. The highest BCUT2D eigenvalue weighted by Crippen LogP contribution is 2.28. The maximum Gasteiger partial charge on any atom is 0.251 e.